The summed E-state index contributed by atoms with van der Waals surface area (Å²) in [6, 6.07) is 9.38. The van der Waals surface area contributed by atoms with Crippen LogP contribution < -0.4 is 0 Å². The van der Waals surface area contributed by atoms with Crippen LogP contribution in [0, 0.1) is 0 Å². The molecule has 1 aliphatic heterocycles. The quantitative estimate of drug-likeness (QED) is 0.766. The number of carbonyl (C=O) groups is 2. The fourth-order valence-electron chi connectivity index (χ4n) is 2.90. The number of benzene rings is 1. The fourth-order valence-corrected chi connectivity index (χ4v) is 2.90. The van der Waals surface area contributed by atoms with Gasteiger partial charge in [0.25, 0.3) is 0 Å². The SMILES string of the molecule is O=C(CCCC(=O)N1CCC(n2nccn2)C1)c1ccccc1. The summed E-state index contributed by atoms with van der Waals surface area (Å²) in [7, 11) is 0. The molecule has 2 aromatic rings. The summed E-state index contributed by atoms with van der Waals surface area (Å²) in [5.74, 6) is 0.207. The first-order chi connectivity index (χ1) is 11.2. The average Bonchev–Trinajstić information content (AvgIpc) is 3.26. The molecular weight excluding hydrogens is 292 g/mol. The third kappa shape index (κ3) is 3.83. The van der Waals surface area contributed by atoms with Crippen LogP contribution in [0.15, 0.2) is 42.7 Å². The Labute approximate surface area is 135 Å². The number of hydrogen-bond donors (Lipinski definition) is 0. The van der Waals surface area contributed by atoms with Crippen LogP contribution in [-0.4, -0.2) is 44.7 Å². The zero-order valence-corrected chi connectivity index (χ0v) is 13.0. The summed E-state index contributed by atoms with van der Waals surface area (Å²) in [6.07, 6.45) is 5.60. The smallest absolute Gasteiger partial charge is 0.222 e. The van der Waals surface area contributed by atoms with Gasteiger partial charge in [-0.2, -0.15) is 15.0 Å². The van der Waals surface area contributed by atoms with Gasteiger partial charge in [-0.3, -0.25) is 9.59 Å². The number of Topliss-reactive ketones (excluding diaryl/α,β-unsaturated/α-hetero) is 1. The monoisotopic (exact) mass is 312 g/mol. The first-order valence-electron chi connectivity index (χ1n) is 7.96. The molecule has 6 nitrogen and oxygen atoms in total. The normalized spacial score (nSPS) is 17.4. The van der Waals surface area contributed by atoms with Gasteiger partial charge in [-0.25, -0.2) is 0 Å². The highest BCUT2D eigenvalue weighted by Crippen LogP contribution is 2.20. The van der Waals surface area contributed by atoms with Crippen LogP contribution >= 0.6 is 0 Å². The molecule has 0 N–H and O–H groups in total. The molecule has 1 saturated heterocycles. The summed E-state index contributed by atoms with van der Waals surface area (Å²) >= 11 is 0. The number of rotatable bonds is 6. The summed E-state index contributed by atoms with van der Waals surface area (Å²) in [5, 5.41) is 8.27. The van der Waals surface area contributed by atoms with E-state index in [-0.39, 0.29) is 17.7 Å². The number of amides is 1. The number of ketones is 1. The third-order valence-corrected chi connectivity index (χ3v) is 4.17. The molecule has 3 rings (SSSR count). The van der Waals surface area contributed by atoms with Gasteiger partial charge in [-0.05, 0) is 12.8 Å². The van der Waals surface area contributed by atoms with E-state index in [0.29, 0.717) is 31.4 Å². The molecule has 1 unspecified atom stereocenters. The van der Waals surface area contributed by atoms with Crippen molar-refractivity contribution in [3.8, 4) is 0 Å². The largest absolute Gasteiger partial charge is 0.340 e. The van der Waals surface area contributed by atoms with Crippen molar-refractivity contribution in [3.63, 3.8) is 0 Å². The molecule has 1 aromatic carbocycles. The molecular formula is C17H20N4O2. The predicted octanol–water partition coefficient (Wildman–Crippen LogP) is 2.10. The minimum Gasteiger partial charge on any atom is -0.340 e. The number of aromatic nitrogens is 3. The standard InChI is InChI=1S/C17H20N4O2/c22-16(14-5-2-1-3-6-14)7-4-8-17(23)20-12-9-15(13-20)21-18-10-11-19-21/h1-3,5-6,10-11,15H,4,7-9,12-13H2. The lowest BCUT2D eigenvalue weighted by atomic mass is 10.1. The first-order valence-corrected chi connectivity index (χ1v) is 7.96. The van der Waals surface area contributed by atoms with Gasteiger partial charge in [0.1, 0.15) is 0 Å². The van der Waals surface area contributed by atoms with Gasteiger partial charge in [0.15, 0.2) is 5.78 Å². The summed E-state index contributed by atoms with van der Waals surface area (Å²) in [6.45, 7) is 1.39. The maximum absolute atomic E-state index is 12.2. The van der Waals surface area contributed by atoms with Crippen LogP contribution in [0.4, 0.5) is 0 Å². The van der Waals surface area contributed by atoms with E-state index in [1.54, 1.807) is 17.2 Å². The second kappa shape index (κ2) is 7.17. The van der Waals surface area contributed by atoms with Crippen molar-refractivity contribution in [3.05, 3.63) is 48.3 Å². The van der Waals surface area contributed by atoms with E-state index in [1.807, 2.05) is 35.2 Å². The molecule has 0 bridgehead atoms. The van der Waals surface area contributed by atoms with Gasteiger partial charge in [0.05, 0.1) is 18.4 Å². The van der Waals surface area contributed by atoms with Crippen molar-refractivity contribution < 1.29 is 9.59 Å². The highest BCUT2D eigenvalue weighted by Gasteiger charge is 2.28. The number of nitrogens with zero attached hydrogens (tertiary/aromatic N) is 4. The van der Waals surface area contributed by atoms with E-state index in [9.17, 15) is 9.59 Å². The van der Waals surface area contributed by atoms with Crippen LogP contribution in [0.2, 0.25) is 0 Å². The lowest BCUT2D eigenvalue weighted by Gasteiger charge is -2.16. The average molecular weight is 312 g/mol. The summed E-state index contributed by atoms with van der Waals surface area (Å²) in [4.78, 5) is 27.8. The Hall–Kier alpha value is -2.50. The van der Waals surface area contributed by atoms with Gasteiger partial charge >= 0.3 is 0 Å². The second-order valence-electron chi connectivity index (χ2n) is 5.77. The number of likely N-dealkylation sites (tertiary alicyclic amines) is 1. The Morgan fingerprint density at radius 2 is 1.83 bits per heavy atom. The minimum atomic E-state index is 0.0958. The maximum atomic E-state index is 12.2. The van der Waals surface area contributed by atoms with E-state index in [4.69, 9.17) is 0 Å². The fraction of sp³-hybridized carbons (Fsp3) is 0.412. The number of hydrogen-bond acceptors (Lipinski definition) is 4. The predicted molar refractivity (Wildman–Crippen MR) is 84.9 cm³/mol. The molecule has 1 fully saturated rings. The Balaban J connectivity index is 1.43. The zero-order valence-electron chi connectivity index (χ0n) is 13.0. The molecule has 1 atom stereocenters. The Kier molecular flexibility index (Phi) is 4.80. The molecule has 2 heterocycles. The van der Waals surface area contributed by atoms with Crippen LogP contribution in [0.3, 0.4) is 0 Å². The van der Waals surface area contributed by atoms with E-state index >= 15 is 0 Å². The highest BCUT2D eigenvalue weighted by atomic mass is 16.2. The molecule has 23 heavy (non-hydrogen) atoms. The molecule has 0 aliphatic carbocycles. The minimum absolute atomic E-state index is 0.0958. The van der Waals surface area contributed by atoms with Gasteiger partial charge in [0, 0.05) is 31.5 Å². The number of carbonyl (C=O) groups excluding carboxylic acids is 2. The molecule has 1 aromatic heterocycles. The van der Waals surface area contributed by atoms with Gasteiger partial charge in [0.2, 0.25) is 5.91 Å². The van der Waals surface area contributed by atoms with E-state index in [2.05, 4.69) is 10.2 Å². The van der Waals surface area contributed by atoms with Crippen molar-refractivity contribution in [2.24, 2.45) is 0 Å². The molecule has 0 saturated carbocycles. The van der Waals surface area contributed by atoms with Crippen LogP contribution in [-0.2, 0) is 4.79 Å². The van der Waals surface area contributed by atoms with Crippen molar-refractivity contribution >= 4 is 11.7 Å². The van der Waals surface area contributed by atoms with Gasteiger partial charge < -0.3 is 4.90 Å². The van der Waals surface area contributed by atoms with E-state index < -0.39 is 0 Å². The van der Waals surface area contributed by atoms with Crippen molar-refractivity contribution in [1.82, 2.24) is 19.9 Å². The van der Waals surface area contributed by atoms with E-state index in [0.717, 1.165) is 13.0 Å². The molecule has 120 valence electrons. The Morgan fingerprint density at radius 1 is 1.09 bits per heavy atom. The topological polar surface area (TPSA) is 68.1 Å². The van der Waals surface area contributed by atoms with Crippen molar-refractivity contribution in [1.29, 1.82) is 0 Å². The first kappa shape index (κ1) is 15.4. The molecule has 0 spiro atoms. The molecule has 0 radical (unpaired) electrons. The molecule has 1 amide bonds. The lowest BCUT2D eigenvalue weighted by Crippen LogP contribution is -2.29. The second-order valence-corrected chi connectivity index (χ2v) is 5.77. The van der Waals surface area contributed by atoms with Crippen LogP contribution in [0.5, 0.6) is 0 Å². The Morgan fingerprint density at radius 3 is 2.57 bits per heavy atom. The van der Waals surface area contributed by atoms with Crippen molar-refractivity contribution in [2.75, 3.05) is 13.1 Å². The lowest BCUT2D eigenvalue weighted by molar-refractivity contribution is -0.130. The van der Waals surface area contributed by atoms with Gasteiger partial charge in [-0.1, -0.05) is 30.3 Å². The zero-order chi connectivity index (χ0) is 16.1. The Bertz CT molecular complexity index is 654. The van der Waals surface area contributed by atoms with E-state index in [1.165, 1.54) is 0 Å². The maximum Gasteiger partial charge on any atom is 0.222 e. The summed E-state index contributed by atoms with van der Waals surface area (Å²) < 4.78 is 0. The molecule has 1 aliphatic rings. The van der Waals surface area contributed by atoms with Crippen molar-refractivity contribution in [2.45, 2.75) is 31.7 Å². The highest BCUT2D eigenvalue weighted by molar-refractivity contribution is 5.96. The van der Waals surface area contributed by atoms with Crippen LogP contribution in [0.25, 0.3) is 0 Å². The van der Waals surface area contributed by atoms with Crippen LogP contribution in [0.1, 0.15) is 42.1 Å². The van der Waals surface area contributed by atoms with Gasteiger partial charge in [-0.15, -0.1) is 0 Å². The third-order valence-electron chi connectivity index (χ3n) is 4.17. The summed E-state index contributed by atoms with van der Waals surface area (Å²) in [5.41, 5.74) is 0.714. The molecule has 6 heteroatoms.